The number of carbonyl (C=O) groups excluding carboxylic acids is 3. The van der Waals surface area contributed by atoms with Gasteiger partial charge in [-0.1, -0.05) is 29.5 Å². The molecule has 6 rings (SSSR count). The van der Waals surface area contributed by atoms with Gasteiger partial charge in [-0.25, -0.2) is 14.8 Å². The highest BCUT2D eigenvalue weighted by molar-refractivity contribution is 7.22. The molecule has 4 heterocycles. The third kappa shape index (κ3) is 4.30. The molecule has 1 unspecified atom stereocenters. The van der Waals surface area contributed by atoms with E-state index in [1.807, 2.05) is 19.1 Å². The lowest BCUT2D eigenvalue weighted by Crippen LogP contribution is -2.29. The summed E-state index contributed by atoms with van der Waals surface area (Å²) in [6.07, 6.45) is 1.73. The van der Waals surface area contributed by atoms with Crippen molar-refractivity contribution in [2.75, 3.05) is 18.6 Å². The summed E-state index contributed by atoms with van der Waals surface area (Å²) < 4.78 is 12.9. The van der Waals surface area contributed by atoms with Crippen LogP contribution >= 0.6 is 11.3 Å². The number of fused-ring (bicyclic) bond motifs is 2. The van der Waals surface area contributed by atoms with E-state index in [9.17, 15) is 19.5 Å². The molecule has 0 aliphatic carbocycles. The number of pyridine rings is 1. The number of aromatic nitrogens is 3. The third-order valence-corrected chi connectivity index (χ3v) is 7.90. The molecule has 0 bridgehead atoms. The highest BCUT2D eigenvalue weighted by atomic mass is 32.1. The maximum absolute atomic E-state index is 13.7. The lowest BCUT2D eigenvalue weighted by atomic mass is 9.95. The van der Waals surface area contributed by atoms with Gasteiger partial charge in [0.1, 0.15) is 17.1 Å². The van der Waals surface area contributed by atoms with Crippen LogP contribution in [-0.2, 0) is 14.3 Å². The number of anilines is 1. The molecule has 11 heteroatoms. The van der Waals surface area contributed by atoms with Gasteiger partial charge in [0.25, 0.3) is 5.78 Å². The Bertz CT molecular complexity index is 1890. The van der Waals surface area contributed by atoms with Gasteiger partial charge in [0.05, 0.1) is 46.8 Å². The van der Waals surface area contributed by atoms with E-state index in [4.69, 9.17) is 9.47 Å². The van der Waals surface area contributed by atoms with Crippen molar-refractivity contribution in [2.45, 2.75) is 19.9 Å². The zero-order valence-corrected chi connectivity index (χ0v) is 23.1. The number of imidazole rings is 1. The number of rotatable bonds is 6. The first-order valence-corrected chi connectivity index (χ1v) is 13.6. The average molecular weight is 569 g/mol. The highest BCUT2D eigenvalue weighted by Gasteiger charge is 2.48. The molecule has 206 valence electrons. The summed E-state index contributed by atoms with van der Waals surface area (Å²) in [5.41, 5.74) is 2.70. The summed E-state index contributed by atoms with van der Waals surface area (Å²) in [4.78, 5) is 49.9. The topological polar surface area (TPSA) is 123 Å². The molecule has 1 fully saturated rings. The van der Waals surface area contributed by atoms with E-state index in [0.717, 1.165) is 4.70 Å². The molecule has 0 radical (unpaired) electrons. The number of hydrogen-bond acceptors (Lipinski definition) is 9. The molecule has 1 amide bonds. The van der Waals surface area contributed by atoms with Crippen molar-refractivity contribution in [2.24, 2.45) is 0 Å². The predicted molar refractivity (Wildman–Crippen MR) is 153 cm³/mol. The number of hydrogen-bond donors (Lipinski definition) is 1. The number of aliphatic hydroxyl groups excluding tert-OH is 1. The normalized spacial score (nSPS) is 16.6. The van der Waals surface area contributed by atoms with Crippen LogP contribution in [0.25, 0.3) is 21.6 Å². The number of esters is 1. The monoisotopic (exact) mass is 568 g/mol. The van der Waals surface area contributed by atoms with E-state index in [-0.39, 0.29) is 16.5 Å². The first-order valence-electron chi connectivity index (χ1n) is 12.8. The van der Waals surface area contributed by atoms with Gasteiger partial charge in [0.2, 0.25) is 0 Å². The van der Waals surface area contributed by atoms with E-state index in [2.05, 4.69) is 9.97 Å². The fourth-order valence-corrected chi connectivity index (χ4v) is 6.06. The molecule has 10 nitrogen and oxygen atoms in total. The van der Waals surface area contributed by atoms with Crippen molar-refractivity contribution < 1.29 is 29.0 Å². The van der Waals surface area contributed by atoms with Gasteiger partial charge in [-0.05, 0) is 61.9 Å². The van der Waals surface area contributed by atoms with Crippen molar-refractivity contribution >= 4 is 55.8 Å². The molecule has 1 saturated heterocycles. The Morgan fingerprint density at radius 3 is 2.59 bits per heavy atom. The zero-order chi connectivity index (χ0) is 28.8. The third-order valence-electron chi connectivity index (χ3n) is 6.89. The summed E-state index contributed by atoms with van der Waals surface area (Å²) >= 11 is 1.23. The van der Waals surface area contributed by atoms with Gasteiger partial charge in [0, 0.05) is 6.20 Å². The minimum absolute atomic E-state index is 0.108. The summed E-state index contributed by atoms with van der Waals surface area (Å²) in [6, 6.07) is 16.1. The maximum Gasteiger partial charge on any atom is 0.337 e. The van der Waals surface area contributed by atoms with Crippen molar-refractivity contribution in [3.63, 3.8) is 0 Å². The van der Waals surface area contributed by atoms with Crippen LogP contribution in [0.4, 0.5) is 5.13 Å². The second-order valence-electron chi connectivity index (χ2n) is 9.32. The van der Waals surface area contributed by atoms with Crippen LogP contribution in [0.3, 0.4) is 0 Å². The predicted octanol–water partition coefficient (Wildman–Crippen LogP) is 5.06. The molecule has 0 spiro atoms. The van der Waals surface area contributed by atoms with Crippen LogP contribution in [0.15, 0.2) is 72.4 Å². The molecular formula is C30H24N4O6S. The summed E-state index contributed by atoms with van der Waals surface area (Å²) in [5, 5.41) is 12.0. The molecule has 1 atom stereocenters. The van der Waals surface area contributed by atoms with Crippen molar-refractivity contribution in [3.8, 4) is 5.75 Å². The van der Waals surface area contributed by atoms with E-state index >= 15 is 0 Å². The molecule has 1 aliphatic heterocycles. The molecule has 41 heavy (non-hydrogen) atoms. The maximum atomic E-state index is 13.7. The standard InChI is InChI=1S/C30H24N4O6S/c1-4-40-19-12-13-20-21(15-19)41-30(32-20)34-25(17-8-10-18(11-9-17)29(38)39-3)23(27(36)28(34)37)26(35)24-16(2)31-22-7-5-6-14-33(22)24/h5-15,25,35H,4H2,1-3H3/b26-23+. The first kappa shape index (κ1) is 26.2. The molecule has 3 aromatic heterocycles. The molecule has 2 aromatic carbocycles. The van der Waals surface area contributed by atoms with Crippen LogP contribution in [0, 0.1) is 6.92 Å². The van der Waals surface area contributed by atoms with E-state index in [1.165, 1.54) is 23.3 Å². The zero-order valence-electron chi connectivity index (χ0n) is 22.3. The Kier molecular flexibility index (Phi) is 6.50. The Hall–Kier alpha value is -5.03. The van der Waals surface area contributed by atoms with Gasteiger partial charge >= 0.3 is 11.9 Å². The van der Waals surface area contributed by atoms with Gasteiger partial charge in [-0.15, -0.1) is 0 Å². The Labute approximate surface area is 238 Å². The SMILES string of the molecule is CCOc1ccc2nc(N3C(=O)C(=O)/C(=C(/O)c4c(C)nc5ccccn45)C3c3ccc(C(=O)OC)cc3)sc2c1. The largest absolute Gasteiger partial charge is 0.505 e. The van der Waals surface area contributed by atoms with E-state index in [1.54, 1.807) is 66.1 Å². The lowest BCUT2D eigenvalue weighted by Gasteiger charge is -2.23. The summed E-state index contributed by atoms with van der Waals surface area (Å²) in [5.74, 6) is -1.91. The first-order chi connectivity index (χ1) is 19.8. The van der Waals surface area contributed by atoms with Gasteiger partial charge < -0.3 is 14.6 Å². The minimum Gasteiger partial charge on any atom is -0.505 e. The molecule has 1 N–H and O–H groups in total. The number of ether oxygens (including phenoxy) is 2. The lowest BCUT2D eigenvalue weighted by molar-refractivity contribution is -0.132. The number of Topliss-reactive ketones (excluding diaryl/α,β-unsaturated/α-hetero) is 1. The van der Waals surface area contributed by atoms with Crippen molar-refractivity contribution in [1.29, 1.82) is 0 Å². The smallest absolute Gasteiger partial charge is 0.337 e. The Morgan fingerprint density at radius 1 is 1.07 bits per heavy atom. The van der Waals surface area contributed by atoms with Crippen LogP contribution in [0.1, 0.15) is 40.3 Å². The number of aryl methyl sites for hydroxylation is 1. The Balaban J connectivity index is 1.56. The van der Waals surface area contributed by atoms with Gasteiger partial charge in [0.15, 0.2) is 10.9 Å². The second-order valence-corrected chi connectivity index (χ2v) is 10.3. The quantitative estimate of drug-likeness (QED) is 0.130. The van der Waals surface area contributed by atoms with Crippen LogP contribution in [0.2, 0.25) is 0 Å². The highest BCUT2D eigenvalue weighted by Crippen LogP contribution is 2.45. The molecule has 1 aliphatic rings. The van der Waals surface area contributed by atoms with Crippen LogP contribution < -0.4 is 9.64 Å². The molecular weight excluding hydrogens is 544 g/mol. The number of ketones is 1. The van der Waals surface area contributed by atoms with Gasteiger partial charge in [-0.3, -0.25) is 18.9 Å². The fourth-order valence-electron chi connectivity index (χ4n) is 5.04. The van der Waals surface area contributed by atoms with Crippen LogP contribution in [0.5, 0.6) is 5.75 Å². The number of benzene rings is 2. The van der Waals surface area contributed by atoms with E-state index < -0.39 is 23.7 Å². The van der Waals surface area contributed by atoms with Crippen molar-refractivity contribution in [3.05, 3.63) is 94.9 Å². The van der Waals surface area contributed by atoms with Crippen molar-refractivity contribution in [1.82, 2.24) is 14.4 Å². The van der Waals surface area contributed by atoms with E-state index in [0.29, 0.717) is 46.0 Å². The second kappa shape index (κ2) is 10.2. The number of amides is 1. The average Bonchev–Trinajstić information content (AvgIpc) is 3.63. The number of aliphatic hydroxyl groups is 1. The summed E-state index contributed by atoms with van der Waals surface area (Å²) in [6.45, 7) is 4.11. The van der Waals surface area contributed by atoms with Gasteiger partial charge in [-0.2, -0.15) is 0 Å². The molecule has 5 aromatic rings. The number of methoxy groups -OCH3 is 1. The van der Waals surface area contributed by atoms with Crippen LogP contribution in [-0.4, -0.2) is 50.9 Å². The number of thiazole rings is 1. The fraction of sp³-hybridized carbons (Fsp3) is 0.167. The number of nitrogens with zero attached hydrogens (tertiary/aromatic N) is 4. The summed E-state index contributed by atoms with van der Waals surface area (Å²) in [7, 11) is 1.29. The minimum atomic E-state index is -1.03. The Morgan fingerprint density at radius 2 is 1.85 bits per heavy atom. The molecule has 0 saturated carbocycles. The number of carbonyl (C=O) groups is 3.